The van der Waals surface area contributed by atoms with Gasteiger partial charge in [0.1, 0.15) is 5.58 Å². The topological polar surface area (TPSA) is 77.2 Å². The molecule has 6 nitrogen and oxygen atoms in total. The van der Waals surface area contributed by atoms with E-state index in [-0.39, 0.29) is 31.0 Å². The number of carbonyl (C=O) groups is 1. The highest BCUT2D eigenvalue weighted by atomic mass is 16.3. The fourth-order valence-electron chi connectivity index (χ4n) is 3.65. The monoisotopic (exact) mass is 346 g/mol. The second kappa shape index (κ2) is 7.56. The van der Waals surface area contributed by atoms with E-state index in [1.807, 2.05) is 37.1 Å². The largest absolute Gasteiger partial charge is 0.451 e. The van der Waals surface area contributed by atoms with Crippen LogP contribution >= 0.6 is 0 Å². The molecule has 2 atom stereocenters. The molecule has 2 aromatic rings. The van der Waals surface area contributed by atoms with Crippen molar-refractivity contribution in [3.8, 4) is 0 Å². The standard InChI is InChI=1S/C19H26N2O4/c1-13-4-3-5-14-8-17(25-18(13)14)19(24)21-10-15(16(11-21)12-23)9-20(2)6-7-22/h3-5,8,15-16,22-23H,6-7,9-12H2,1-2H3/t15-,16-/m1/s1. The molecule has 25 heavy (non-hydrogen) atoms. The summed E-state index contributed by atoms with van der Waals surface area (Å²) in [4.78, 5) is 16.6. The highest BCUT2D eigenvalue weighted by Gasteiger charge is 2.36. The van der Waals surface area contributed by atoms with Gasteiger partial charge >= 0.3 is 0 Å². The van der Waals surface area contributed by atoms with Crippen molar-refractivity contribution in [2.24, 2.45) is 11.8 Å². The molecule has 1 aliphatic heterocycles. The van der Waals surface area contributed by atoms with Gasteiger partial charge in [-0.2, -0.15) is 0 Å². The number of fused-ring (bicyclic) bond motifs is 1. The lowest BCUT2D eigenvalue weighted by Gasteiger charge is -2.22. The maximum atomic E-state index is 12.8. The summed E-state index contributed by atoms with van der Waals surface area (Å²) < 4.78 is 5.80. The molecule has 0 spiro atoms. The number of furan rings is 1. The van der Waals surface area contributed by atoms with Gasteiger partial charge in [-0.05, 0) is 31.5 Å². The summed E-state index contributed by atoms with van der Waals surface area (Å²) in [6.07, 6.45) is 0. The number of hydrogen-bond donors (Lipinski definition) is 2. The van der Waals surface area contributed by atoms with Crippen LogP contribution in [0, 0.1) is 18.8 Å². The highest BCUT2D eigenvalue weighted by molar-refractivity contribution is 5.96. The summed E-state index contributed by atoms with van der Waals surface area (Å²) in [6.45, 7) is 4.58. The van der Waals surface area contributed by atoms with Gasteiger partial charge in [0, 0.05) is 44.1 Å². The van der Waals surface area contributed by atoms with E-state index in [2.05, 4.69) is 0 Å². The van der Waals surface area contributed by atoms with E-state index in [1.165, 1.54) is 0 Å². The Morgan fingerprint density at radius 3 is 2.76 bits per heavy atom. The average molecular weight is 346 g/mol. The minimum absolute atomic E-state index is 0.0520. The molecule has 0 unspecified atom stereocenters. The number of likely N-dealkylation sites (tertiary alicyclic amines) is 1. The molecule has 1 amide bonds. The Labute approximate surface area is 147 Å². The molecule has 1 aromatic carbocycles. The third kappa shape index (κ3) is 3.71. The number of aryl methyl sites for hydroxylation is 1. The van der Waals surface area contributed by atoms with Gasteiger partial charge in [0.15, 0.2) is 5.76 Å². The first-order valence-corrected chi connectivity index (χ1v) is 8.72. The van der Waals surface area contributed by atoms with Crippen molar-refractivity contribution in [3.63, 3.8) is 0 Å². The minimum atomic E-state index is -0.124. The molecule has 2 heterocycles. The van der Waals surface area contributed by atoms with Gasteiger partial charge in [0.25, 0.3) is 5.91 Å². The SMILES string of the molecule is Cc1cccc2cc(C(=O)N3C[C@@H](CN(C)CCO)[C@@H](CO)C3)oc12. The average Bonchev–Trinajstić information content (AvgIpc) is 3.19. The summed E-state index contributed by atoms with van der Waals surface area (Å²) >= 11 is 0. The second-order valence-corrected chi connectivity index (χ2v) is 7.00. The smallest absolute Gasteiger partial charge is 0.289 e. The number of likely N-dealkylation sites (N-methyl/N-ethyl adjacent to an activating group) is 1. The summed E-state index contributed by atoms with van der Waals surface area (Å²) in [6, 6.07) is 7.65. The lowest BCUT2D eigenvalue weighted by atomic mass is 9.96. The maximum absolute atomic E-state index is 12.8. The quantitative estimate of drug-likeness (QED) is 0.826. The second-order valence-electron chi connectivity index (χ2n) is 7.00. The summed E-state index contributed by atoms with van der Waals surface area (Å²) in [5, 5.41) is 19.6. The highest BCUT2D eigenvalue weighted by Crippen LogP contribution is 2.28. The molecule has 1 fully saturated rings. The normalized spacial score (nSPS) is 20.8. The third-order valence-electron chi connectivity index (χ3n) is 5.08. The van der Waals surface area contributed by atoms with E-state index < -0.39 is 0 Å². The molecule has 3 rings (SSSR count). The fraction of sp³-hybridized carbons (Fsp3) is 0.526. The van der Waals surface area contributed by atoms with E-state index in [0.29, 0.717) is 25.4 Å². The molecule has 0 saturated carbocycles. The van der Waals surface area contributed by atoms with Gasteiger partial charge in [0.2, 0.25) is 0 Å². The van der Waals surface area contributed by atoms with Crippen molar-refractivity contribution in [1.82, 2.24) is 9.80 Å². The van der Waals surface area contributed by atoms with Gasteiger partial charge in [-0.15, -0.1) is 0 Å². The summed E-state index contributed by atoms with van der Waals surface area (Å²) in [7, 11) is 1.94. The molecule has 2 N–H and O–H groups in total. The number of carbonyl (C=O) groups excluding carboxylic acids is 1. The first-order chi connectivity index (χ1) is 12.0. The molecule has 1 aliphatic rings. The maximum Gasteiger partial charge on any atom is 0.289 e. The molecule has 0 radical (unpaired) electrons. The lowest BCUT2D eigenvalue weighted by Crippen LogP contribution is -2.33. The van der Waals surface area contributed by atoms with Crippen LogP contribution in [0.5, 0.6) is 0 Å². The van der Waals surface area contributed by atoms with E-state index in [0.717, 1.165) is 23.1 Å². The van der Waals surface area contributed by atoms with Crippen molar-refractivity contribution in [2.75, 3.05) is 46.4 Å². The fourth-order valence-corrected chi connectivity index (χ4v) is 3.65. The summed E-state index contributed by atoms with van der Waals surface area (Å²) in [5.74, 6) is 0.472. The minimum Gasteiger partial charge on any atom is -0.451 e. The Kier molecular flexibility index (Phi) is 5.42. The first kappa shape index (κ1) is 17.9. The molecular formula is C19H26N2O4. The zero-order valence-electron chi connectivity index (χ0n) is 14.8. The Bertz CT molecular complexity index is 742. The Hall–Kier alpha value is -1.89. The van der Waals surface area contributed by atoms with Crippen LogP contribution < -0.4 is 0 Å². The first-order valence-electron chi connectivity index (χ1n) is 8.72. The Balaban J connectivity index is 1.74. The van der Waals surface area contributed by atoms with E-state index in [1.54, 1.807) is 11.0 Å². The zero-order valence-corrected chi connectivity index (χ0v) is 14.8. The van der Waals surface area contributed by atoms with Gasteiger partial charge in [-0.3, -0.25) is 4.79 Å². The number of hydrogen-bond acceptors (Lipinski definition) is 5. The van der Waals surface area contributed by atoms with Crippen LogP contribution in [0.4, 0.5) is 0 Å². The van der Waals surface area contributed by atoms with Crippen LogP contribution in [0.1, 0.15) is 16.1 Å². The number of aliphatic hydroxyl groups is 2. The molecule has 136 valence electrons. The number of nitrogens with zero attached hydrogens (tertiary/aromatic N) is 2. The zero-order chi connectivity index (χ0) is 18.0. The Morgan fingerprint density at radius 1 is 1.32 bits per heavy atom. The molecule has 6 heteroatoms. The number of benzene rings is 1. The number of rotatable bonds is 6. The van der Waals surface area contributed by atoms with Crippen LogP contribution in [0.15, 0.2) is 28.7 Å². The predicted molar refractivity (Wildman–Crippen MR) is 95.5 cm³/mol. The van der Waals surface area contributed by atoms with Crippen LogP contribution in [-0.4, -0.2) is 72.4 Å². The molecule has 0 aliphatic carbocycles. The van der Waals surface area contributed by atoms with Gasteiger partial charge in [-0.1, -0.05) is 18.2 Å². The Morgan fingerprint density at radius 2 is 2.08 bits per heavy atom. The molecule has 1 saturated heterocycles. The van der Waals surface area contributed by atoms with Crippen molar-refractivity contribution in [3.05, 3.63) is 35.6 Å². The van der Waals surface area contributed by atoms with E-state index >= 15 is 0 Å². The van der Waals surface area contributed by atoms with E-state index in [4.69, 9.17) is 9.52 Å². The van der Waals surface area contributed by atoms with Crippen molar-refractivity contribution in [2.45, 2.75) is 6.92 Å². The van der Waals surface area contributed by atoms with Crippen LogP contribution in [0.3, 0.4) is 0 Å². The van der Waals surface area contributed by atoms with Gasteiger partial charge in [-0.25, -0.2) is 0 Å². The number of aliphatic hydroxyl groups excluding tert-OH is 2. The summed E-state index contributed by atoms with van der Waals surface area (Å²) in [5.41, 5.74) is 1.76. The van der Waals surface area contributed by atoms with Gasteiger partial charge < -0.3 is 24.4 Å². The van der Waals surface area contributed by atoms with Crippen molar-refractivity contribution >= 4 is 16.9 Å². The predicted octanol–water partition coefficient (Wildman–Crippen LogP) is 1.35. The number of amides is 1. The molecular weight excluding hydrogens is 320 g/mol. The van der Waals surface area contributed by atoms with Crippen LogP contribution in [-0.2, 0) is 0 Å². The van der Waals surface area contributed by atoms with Crippen LogP contribution in [0.2, 0.25) is 0 Å². The van der Waals surface area contributed by atoms with E-state index in [9.17, 15) is 9.90 Å². The number of para-hydroxylation sites is 1. The molecule has 0 bridgehead atoms. The van der Waals surface area contributed by atoms with Gasteiger partial charge in [0.05, 0.1) is 6.61 Å². The molecule has 1 aromatic heterocycles. The van der Waals surface area contributed by atoms with Crippen molar-refractivity contribution in [1.29, 1.82) is 0 Å². The third-order valence-corrected chi connectivity index (χ3v) is 5.08. The lowest BCUT2D eigenvalue weighted by molar-refractivity contribution is 0.0749. The van der Waals surface area contributed by atoms with Crippen LogP contribution in [0.25, 0.3) is 11.0 Å². The van der Waals surface area contributed by atoms with Crippen molar-refractivity contribution < 1.29 is 19.4 Å².